The largest absolute Gasteiger partial charge is 0.363 e. The summed E-state index contributed by atoms with van der Waals surface area (Å²) >= 11 is 0. The van der Waals surface area contributed by atoms with Crippen molar-refractivity contribution in [3.05, 3.63) is 381 Å². The molecule has 0 spiro atoms. The first-order chi connectivity index (χ1) is 55.2. The molecule has 6 atom stereocenters. The zero-order valence-corrected chi connectivity index (χ0v) is 68.9. The minimum Gasteiger partial charge on any atom is -0.363 e. The first-order valence-corrected chi connectivity index (χ1v) is 46.7. The molecule has 12 aromatic rings. The average Bonchev–Trinajstić information content (AvgIpc) is 0.779. The van der Waals surface area contributed by atoms with Crippen LogP contribution in [0, 0.1) is 46.6 Å². The highest BCUT2D eigenvalue weighted by atomic mass is 28.3. The van der Waals surface area contributed by atoms with Crippen molar-refractivity contribution in [1.29, 1.82) is 0 Å². The molecule has 1 unspecified atom stereocenters. The molecule has 1 aliphatic carbocycles. The van der Waals surface area contributed by atoms with Gasteiger partial charge < -0.3 is 21.3 Å². The normalized spacial score (nSPS) is 14.5. The molecule has 114 heavy (non-hydrogen) atoms. The predicted octanol–water partition coefficient (Wildman–Crippen LogP) is 22.8. The van der Waals surface area contributed by atoms with Gasteiger partial charge in [0.05, 0.1) is 12.1 Å². The molecule has 1 aliphatic rings. The summed E-state index contributed by atoms with van der Waals surface area (Å²) in [6, 6.07) is 103. The van der Waals surface area contributed by atoms with Crippen LogP contribution in [-0.2, 0) is 0 Å². The second kappa shape index (κ2) is 37.0. The van der Waals surface area contributed by atoms with Crippen molar-refractivity contribution in [3.8, 4) is 91.1 Å². The number of rotatable bonds is 18. The highest BCUT2D eigenvalue weighted by molar-refractivity contribution is 6.84. The van der Waals surface area contributed by atoms with E-state index in [9.17, 15) is 9.59 Å². The van der Waals surface area contributed by atoms with Crippen molar-refractivity contribution >= 4 is 39.6 Å². The molecule has 0 radical (unpaired) electrons. The van der Waals surface area contributed by atoms with Gasteiger partial charge in [-0.15, -0.1) is 11.1 Å². The number of hydrogen-bond acceptors (Lipinski definition) is 4. The summed E-state index contributed by atoms with van der Waals surface area (Å²) < 4.78 is 0. The van der Waals surface area contributed by atoms with E-state index < -0.39 is 16.1 Å². The number of nitrogens with zero attached hydrogens (tertiary/aromatic N) is 2. The second-order valence-electron chi connectivity index (χ2n) is 31.5. The number of carbonyl (C=O) groups excluding carboxylic acids is 2. The number of nitrogens with one attached hydrogen (secondary N) is 4. The fraction of sp³-hybridized carbons (Fsp3) is 0.192. The van der Waals surface area contributed by atoms with Crippen LogP contribution in [0.3, 0.4) is 0 Å². The van der Waals surface area contributed by atoms with Crippen molar-refractivity contribution in [3.63, 3.8) is 0 Å². The van der Waals surface area contributed by atoms with E-state index in [1.165, 1.54) is 0 Å². The van der Waals surface area contributed by atoms with Gasteiger partial charge in [-0.1, -0.05) is 294 Å². The molecule has 0 saturated heterocycles. The Hall–Kier alpha value is -12.8. The minimum absolute atomic E-state index is 0.0523. The standard InChI is InChI=1S/C104H98N6O2Si2/c1-73(83-27-15-11-16-28-83)105-101(106-74(2)84-29-17-12-18-30-84)99-93(35-25-37-95(99)89-61-49-81(50-62-89)69-71-113(5,6)7)87-57-45-77(46-58-87)41-43-79-53-65-91(66-54-79)103(111)109-97-39-23-24-40-98(97)110-104(112)92-67-55-80(56-68-92)44-42-78-47-59-88(60-48-78)94-36-26-38-96(90-63-51-82(52-64-90)70-72-114(8,9)10)100(94)102(107-75(3)85-31-19-13-20-32-85)108-76(4)86-33-21-14-22-34-86/h11-22,25-38,45-68,73-76,97-98H,23-24,39-40H2,1-10H3,(H,105,106)(H,107,108)(H,109,111)(H,110,112)/t73-,74-,75-,76?,97+,98-/m1/s1. The van der Waals surface area contributed by atoms with Crippen LogP contribution in [0.5, 0.6) is 0 Å². The topological polar surface area (TPSA) is 107 Å². The third-order valence-electron chi connectivity index (χ3n) is 20.5. The van der Waals surface area contributed by atoms with E-state index in [0.717, 1.165) is 149 Å². The molecule has 12 aromatic carbocycles. The van der Waals surface area contributed by atoms with E-state index in [-0.39, 0.29) is 48.1 Å². The molecule has 13 rings (SSSR count). The molecular formula is C104H98N6O2Si2. The zero-order chi connectivity index (χ0) is 79.6. The Morgan fingerprint density at radius 1 is 0.316 bits per heavy atom. The van der Waals surface area contributed by atoms with Gasteiger partial charge in [-0.2, -0.15) is 0 Å². The predicted molar refractivity (Wildman–Crippen MR) is 480 cm³/mol. The molecule has 0 bridgehead atoms. The maximum absolute atomic E-state index is 14.0. The SMILES string of the molecule is CC(NC(=N[C@H](C)c1ccccc1)c1c(-c2ccc(C#Cc3ccc(C(=O)N[C@@H]4CCCC[C@@H]4NC(=O)c4ccc(C#Cc5ccc(-c6cccc(-c7ccc(C#C[Si](C)(C)C)cc7)c6C(=N[C@H](C)c6ccccc6)N[C@H](C)c6ccccc6)cc5)cc4)cc3)cc2)cccc1-c1ccc(C#C[Si](C)(C)C)cc1)c1ccccc1. The number of amides is 2. The third-order valence-corrected chi connectivity index (χ3v) is 22.2. The summed E-state index contributed by atoms with van der Waals surface area (Å²) in [5.74, 6) is 21.5. The van der Waals surface area contributed by atoms with Gasteiger partial charge >= 0.3 is 0 Å². The van der Waals surface area contributed by atoms with Crippen molar-refractivity contribution < 1.29 is 9.59 Å². The maximum Gasteiger partial charge on any atom is 0.251 e. The average molecular weight is 1520 g/mol. The molecule has 2 amide bonds. The number of aliphatic imine (C=N–C) groups is 2. The summed E-state index contributed by atoms with van der Waals surface area (Å²) in [6.45, 7) is 22.3. The number of amidine groups is 2. The van der Waals surface area contributed by atoms with Crippen molar-refractivity contribution in [2.24, 2.45) is 9.98 Å². The Labute approximate surface area is 677 Å². The Balaban J connectivity index is 0.679. The van der Waals surface area contributed by atoms with Crippen LogP contribution in [0.15, 0.2) is 313 Å². The second-order valence-corrected chi connectivity index (χ2v) is 41.0. The smallest absolute Gasteiger partial charge is 0.251 e. The summed E-state index contributed by atoms with van der Waals surface area (Å²) in [5.41, 5.74) is 28.3. The van der Waals surface area contributed by atoms with Crippen LogP contribution >= 0.6 is 0 Å². The minimum atomic E-state index is -1.58. The molecule has 1 saturated carbocycles. The quantitative estimate of drug-likeness (QED) is 0.0297. The number of benzene rings is 12. The lowest BCUT2D eigenvalue weighted by molar-refractivity contribution is 0.0863. The highest BCUT2D eigenvalue weighted by Crippen LogP contribution is 2.38. The molecule has 8 nitrogen and oxygen atoms in total. The fourth-order valence-corrected chi connectivity index (χ4v) is 15.2. The summed E-state index contributed by atoms with van der Waals surface area (Å²) in [4.78, 5) is 39.1. The Kier molecular flexibility index (Phi) is 25.7. The first kappa shape index (κ1) is 79.3. The van der Waals surface area contributed by atoms with Crippen LogP contribution in [0.25, 0.3) is 44.5 Å². The summed E-state index contributed by atoms with van der Waals surface area (Å²) in [7, 11) is -3.15. The lowest BCUT2D eigenvalue weighted by Gasteiger charge is -2.33. The van der Waals surface area contributed by atoms with E-state index in [1.54, 1.807) is 0 Å². The van der Waals surface area contributed by atoms with Crippen LogP contribution in [0.4, 0.5) is 0 Å². The van der Waals surface area contributed by atoms with E-state index in [0.29, 0.717) is 11.1 Å². The Bertz CT molecular complexity index is 5310. The molecular weight excluding hydrogens is 1420 g/mol. The summed E-state index contributed by atoms with van der Waals surface area (Å²) in [5, 5.41) is 14.4. The molecule has 0 aromatic heterocycles. The third kappa shape index (κ3) is 21.2. The van der Waals surface area contributed by atoms with E-state index in [2.05, 4.69) is 365 Å². The zero-order valence-electron chi connectivity index (χ0n) is 66.9. The van der Waals surface area contributed by atoms with Gasteiger partial charge in [0.25, 0.3) is 11.8 Å². The van der Waals surface area contributed by atoms with Crippen LogP contribution in [0.2, 0.25) is 39.3 Å². The van der Waals surface area contributed by atoms with Gasteiger partial charge in [-0.25, -0.2) is 0 Å². The Morgan fingerprint density at radius 2 is 0.570 bits per heavy atom. The van der Waals surface area contributed by atoms with E-state index in [1.807, 2.05) is 72.8 Å². The van der Waals surface area contributed by atoms with Crippen molar-refractivity contribution in [2.45, 2.75) is 129 Å². The monoisotopic (exact) mass is 1520 g/mol. The molecule has 0 aliphatic heterocycles. The molecule has 0 heterocycles. The van der Waals surface area contributed by atoms with Crippen LogP contribution < -0.4 is 21.3 Å². The number of hydrogen-bond donors (Lipinski definition) is 4. The maximum atomic E-state index is 14.0. The van der Waals surface area contributed by atoms with Gasteiger partial charge in [0.15, 0.2) is 0 Å². The number of carbonyl (C=O) groups is 2. The van der Waals surface area contributed by atoms with E-state index >= 15 is 0 Å². The van der Waals surface area contributed by atoms with E-state index in [4.69, 9.17) is 9.98 Å². The molecule has 1 fully saturated rings. The lowest BCUT2D eigenvalue weighted by atomic mass is 9.89. The molecule has 4 N–H and O–H groups in total. The van der Waals surface area contributed by atoms with Crippen LogP contribution in [0.1, 0.15) is 165 Å². The van der Waals surface area contributed by atoms with Gasteiger partial charge in [0.2, 0.25) is 0 Å². The van der Waals surface area contributed by atoms with Gasteiger partial charge in [0.1, 0.15) is 27.8 Å². The Morgan fingerprint density at radius 3 is 0.842 bits per heavy atom. The lowest BCUT2D eigenvalue weighted by Crippen LogP contribution is -2.53. The van der Waals surface area contributed by atoms with Crippen LogP contribution in [-0.4, -0.2) is 51.7 Å². The first-order valence-electron chi connectivity index (χ1n) is 39.7. The van der Waals surface area contributed by atoms with Crippen molar-refractivity contribution in [2.75, 3.05) is 0 Å². The van der Waals surface area contributed by atoms with Gasteiger partial charge in [0, 0.05) is 79.8 Å². The highest BCUT2D eigenvalue weighted by Gasteiger charge is 2.30. The van der Waals surface area contributed by atoms with Gasteiger partial charge in [-0.3, -0.25) is 19.6 Å². The molecule has 10 heteroatoms. The molecule has 564 valence electrons. The van der Waals surface area contributed by atoms with Crippen molar-refractivity contribution in [1.82, 2.24) is 21.3 Å². The summed E-state index contributed by atoms with van der Waals surface area (Å²) in [6.07, 6.45) is 3.40. The fourth-order valence-electron chi connectivity index (χ4n) is 14.1. The van der Waals surface area contributed by atoms with Gasteiger partial charge in [-0.05, 0) is 204 Å².